The van der Waals surface area contributed by atoms with Crippen LogP contribution in [0.5, 0.6) is 5.75 Å². The van der Waals surface area contributed by atoms with Gasteiger partial charge in [0.2, 0.25) is 5.91 Å². The van der Waals surface area contributed by atoms with Crippen LogP contribution in [0, 0.1) is 0 Å². The number of carbonyl (C=O) groups is 2. The minimum Gasteiger partial charge on any atom is -0.486 e. The van der Waals surface area contributed by atoms with Gasteiger partial charge in [-0.15, -0.1) is 0 Å². The molecule has 1 fully saturated rings. The molecule has 0 radical (unpaired) electrons. The first-order valence-corrected chi connectivity index (χ1v) is 10.0. The third-order valence-corrected chi connectivity index (χ3v) is 5.62. The van der Waals surface area contributed by atoms with Crippen LogP contribution >= 0.6 is 0 Å². The number of amides is 2. The van der Waals surface area contributed by atoms with E-state index in [0.717, 1.165) is 11.3 Å². The summed E-state index contributed by atoms with van der Waals surface area (Å²) in [5, 5.41) is 0. The van der Waals surface area contributed by atoms with Gasteiger partial charge in [-0.3, -0.25) is 14.6 Å². The van der Waals surface area contributed by atoms with Crippen LogP contribution in [0.1, 0.15) is 22.3 Å². The fourth-order valence-electron chi connectivity index (χ4n) is 4.18. The Hall–Kier alpha value is -3.67. The van der Waals surface area contributed by atoms with E-state index in [1.807, 2.05) is 54.6 Å². The molecule has 5 rings (SSSR count). The Balaban J connectivity index is 1.53. The lowest BCUT2D eigenvalue weighted by atomic mass is 10.1. The Labute approximate surface area is 174 Å². The van der Waals surface area contributed by atoms with Crippen molar-refractivity contribution in [1.82, 2.24) is 9.88 Å². The number of rotatable bonds is 3. The number of para-hydroxylation sites is 2. The average molecular weight is 399 g/mol. The molecule has 30 heavy (non-hydrogen) atoms. The predicted molar refractivity (Wildman–Crippen MR) is 112 cm³/mol. The van der Waals surface area contributed by atoms with Gasteiger partial charge in [0.15, 0.2) is 0 Å². The van der Waals surface area contributed by atoms with Gasteiger partial charge in [0, 0.05) is 18.8 Å². The SMILES string of the molecule is O=C1[C@@H]2C[C@@H](CN2C(=O)c2cccnc2)Oc2ccccc2N1Cc1ccccc1. The van der Waals surface area contributed by atoms with Crippen molar-refractivity contribution < 1.29 is 14.3 Å². The monoisotopic (exact) mass is 399 g/mol. The molecule has 0 N–H and O–H groups in total. The lowest BCUT2D eigenvalue weighted by molar-refractivity contribution is -0.122. The minimum absolute atomic E-state index is 0.0886. The number of aromatic nitrogens is 1. The van der Waals surface area contributed by atoms with Crippen LogP contribution in [-0.2, 0) is 11.3 Å². The maximum atomic E-state index is 13.7. The second kappa shape index (κ2) is 7.63. The maximum absolute atomic E-state index is 13.7. The summed E-state index contributed by atoms with van der Waals surface area (Å²) >= 11 is 0. The second-order valence-electron chi connectivity index (χ2n) is 7.57. The van der Waals surface area contributed by atoms with E-state index < -0.39 is 6.04 Å². The summed E-state index contributed by atoms with van der Waals surface area (Å²) in [4.78, 5) is 34.3. The molecule has 0 saturated carbocycles. The van der Waals surface area contributed by atoms with Crippen molar-refractivity contribution in [3.8, 4) is 5.75 Å². The number of hydrogen-bond donors (Lipinski definition) is 0. The lowest BCUT2D eigenvalue weighted by Crippen LogP contribution is -2.47. The van der Waals surface area contributed by atoms with E-state index in [1.165, 1.54) is 6.20 Å². The van der Waals surface area contributed by atoms with Crippen molar-refractivity contribution in [2.45, 2.75) is 25.1 Å². The summed E-state index contributed by atoms with van der Waals surface area (Å²) in [6.45, 7) is 0.785. The van der Waals surface area contributed by atoms with Crippen LogP contribution in [0.25, 0.3) is 0 Å². The normalized spacial score (nSPS) is 20.2. The van der Waals surface area contributed by atoms with Gasteiger partial charge >= 0.3 is 0 Å². The Morgan fingerprint density at radius 1 is 1.03 bits per heavy atom. The molecule has 1 aromatic heterocycles. The van der Waals surface area contributed by atoms with Gasteiger partial charge in [-0.25, -0.2) is 0 Å². The number of likely N-dealkylation sites (tertiary alicyclic amines) is 1. The molecular weight excluding hydrogens is 378 g/mol. The number of carbonyl (C=O) groups excluding carboxylic acids is 2. The summed E-state index contributed by atoms with van der Waals surface area (Å²) in [5.74, 6) is 0.383. The highest BCUT2D eigenvalue weighted by Gasteiger charge is 2.45. The molecule has 2 aliphatic rings. The highest BCUT2D eigenvalue weighted by atomic mass is 16.5. The van der Waals surface area contributed by atoms with Crippen molar-refractivity contribution in [2.24, 2.45) is 0 Å². The van der Waals surface area contributed by atoms with Gasteiger partial charge in [-0.05, 0) is 29.8 Å². The fourth-order valence-corrected chi connectivity index (χ4v) is 4.18. The van der Waals surface area contributed by atoms with Crippen molar-refractivity contribution >= 4 is 17.5 Å². The number of fused-ring (bicyclic) bond motifs is 3. The zero-order valence-electron chi connectivity index (χ0n) is 16.3. The number of hydrogen-bond acceptors (Lipinski definition) is 4. The van der Waals surface area contributed by atoms with Gasteiger partial charge in [-0.2, -0.15) is 0 Å². The van der Waals surface area contributed by atoms with Crippen LogP contribution in [-0.4, -0.2) is 40.4 Å². The molecule has 1 saturated heterocycles. The number of nitrogens with zero attached hydrogens (tertiary/aromatic N) is 3. The molecule has 0 spiro atoms. The Kier molecular flexibility index (Phi) is 4.67. The quantitative estimate of drug-likeness (QED) is 0.678. The van der Waals surface area contributed by atoms with E-state index in [1.54, 1.807) is 28.1 Å². The zero-order chi connectivity index (χ0) is 20.5. The van der Waals surface area contributed by atoms with E-state index in [-0.39, 0.29) is 17.9 Å². The molecule has 3 heterocycles. The predicted octanol–water partition coefficient (Wildman–Crippen LogP) is 3.29. The van der Waals surface area contributed by atoms with Crippen LogP contribution in [0.4, 0.5) is 5.69 Å². The standard InChI is InChI=1S/C24H21N3O3/c28-23(18-9-6-12-25-14-18)27-16-19-13-21(27)24(29)26(15-17-7-2-1-3-8-17)20-10-4-5-11-22(20)30-19/h1-12,14,19,21H,13,15-16H2/t19-,21-/m0/s1. The molecule has 150 valence electrons. The first kappa shape index (κ1) is 18.4. The molecule has 6 nitrogen and oxygen atoms in total. The molecule has 2 amide bonds. The summed E-state index contributed by atoms with van der Waals surface area (Å²) in [6, 6.07) is 20.3. The molecular formula is C24H21N3O3. The summed E-state index contributed by atoms with van der Waals surface area (Å²) < 4.78 is 6.26. The van der Waals surface area contributed by atoms with Gasteiger partial charge in [0.1, 0.15) is 17.9 Å². The zero-order valence-corrected chi connectivity index (χ0v) is 16.3. The van der Waals surface area contributed by atoms with Crippen molar-refractivity contribution in [1.29, 1.82) is 0 Å². The molecule has 2 aliphatic heterocycles. The molecule has 3 aromatic rings. The van der Waals surface area contributed by atoms with E-state index >= 15 is 0 Å². The van der Waals surface area contributed by atoms with Crippen molar-refractivity contribution in [3.05, 3.63) is 90.3 Å². The lowest BCUT2D eigenvalue weighted by Gasteiger charge is -2.31. The van der Waals surface area contributed by atoms with E-state index in [0.29, 0.717) is 30.8 Å². The van der Waals surface area contributed by atoms with Crippen LogP contribution < -0.4 is 9.64 Å². The summed E-state index contributed by atoms with van der Waals surface area (Å²) in [5.41, 5.74) is 2.22. The Morgan fingerprint density at radius 3 is 2.63 bits per heavy atom. The topological polar surface area (TPSA) is 62.7 Å². The van der Waals surface area contributed by atoms with Gasteiger partial charge in [0.05, 0.1) is 24.3 Å². The highest BCUT2D eigenvalue weighted by Crippen LogP contribution is 2.37. The van der Waals surface area contributed by atoms with Crippen LogP contribution in [0.3, 0.4) is 0 Å². The van der Waals surface area contributed by atoms with Crippen LogP contribution in [0.2, 0.25) is 0 Å². The largest absolute Gasteiger partial charge is 0.486 e. The molecule has 0 unspecified atom stereocenters. The number of pyridine rings is 1. The molecule has 2 atom stereocenters. The van der Waals surface area contributed by atoms with E-state index in [4.69, 9.17) is 4.74 Å². The van der Waals surface area contributed by atoms with E-state index in [2.05, 4.69) is 4.98 Å². The third kappa shape index (κ3) is 3.30. The Bertz CT molecular complexity index is 1070. The van der Waals surface area contributed by atoms with Crippen molar-refractivity contribution in [2.75, 3.05) is 11.4 Å². The van der Waals surface area contributed by atoms with Gasteiger partial charge < -0.3 is 14.5 Å². The first-order valence-electron chi connectivity index (χ1n) is 10.0. The van der Waals surface area contributed by atoms with E-state index in [9.17, 15) is 9.59 Å². The van der Waals surface area contributed by atoms with Crippen LogP contribution in [0.15, 0.2) is 79.1 Å². The third-order valence-electron chi connectivity index (χ3n) is 5.62. The second-order valence-corrected chi connectivity index (χ2v) is 7.57. The van der Waals surface area contributed by atoms with Crippen molar-refractivity contribution in [3.63, 3.8) is 0 Å². The number of benzene rings is 2. The first-order chi connectivity index (χ1) is 14.7. The molecule has 2 bridgehead atoms. The highest BCUT2D eigenvalue weighted by molar-refractivity contribution is 6.03. The number of ether oxygens (including phenoxy) is 1. The number of anilines is 1. The summed E-state index contributed by atoms with van der Waals surface area (Å²) in [7, 11) is 0. The summed E-state index contributed by atoms with van der Waals surface area (Å²) in [6.07, 6.45) is 3.42. The van der Waals surface area contributed by atoms with Gasteiger partial charge in [0.25, 0.3) is 5.91 Å². The smallest absolute Gasteiger partial charge is 0.256 e. The van der Waals surface area contributed by atoms with Gasteiger partial charge in [-0.1, -0.05) is 42.5 Å². The molecule has 2 aromatic carbocycles. The fraction of sp³-hybridized carbons (Fsp3) is 0.208. The average Bonchev–Trinajstić information content (AvgIpc) is 3.22. The minimum atomic E-state index is -0.570. The maximum Gasteiger partial charge on any atom is 0.256 e. The molecule has 6 heteroatoms. The Morgan fingerprint density at radius 2 is 1.83 bits per heavy atom. The molecule has 0 aliphatic carbocycles.